The van der Waals surface area contributed by atoms with E-state index in [9.17, 15) is 4.79 Å². The Balaban J connectivity index is 1.71. The largest absolute Gasteiger partial charge is 0.472 e. The van der Waals surface area contributed by atoms with E-state index in [1.165, 1.54) is 6.33 Å². The molecule has 0 radical (unpaired) electrons. The molecule has 5 heteroatoms. The summed E-state index contributed by atoms with van der Waals surface area (Å²) in [6, 6.07) is 9.96. The van der Waals surface area contributed by atoms with E-state index >= 15 is 0 Å². The van der Waals surface area contributed by atoms with Crippen LogP contribution in [0.15, 0.2) is 48.9 Å². The van der Waals surface area contributed by atoms with Crippen molar-refractivity contribution < 1.29 is 9.53 Å². The summed E-state index contributed by atoms with van der Waals surface area (Å²) < 4.78 is 5.94. The van der Waals surface area contributed by atoms with Crippen LogP contribution in [-0.4, -0.2) is 20.7 Å². The highest BCUT2D eigenvalue weighted by molar-refractivity contribution is 6.03. The van der Waals surface area contributed by atoms with Crippen molar-refractivity contribution in [2.45, 2.75) is 25.9 Å². The number of ether oxygens (including phenoxy) is 1. The normalized spacial score (nSPS) is 14.7. The Hall–Kier alpha value is -2.95. The van der Waals surface area contributed by atoms with Crippen LogP contribution in [0.3, 0.4) is 0 Å². The smallest absolute Gasteiger partial charge is 0.227 e. The van der Waals surface area contributed by atoms with Gasteiger partial charge in [-0.15, -0.1) is 0 Å². The van der Waals surface area contributed by atoms with Crippen molar-refractivity contribution in [2.75, 3.05) is 0 Å². The molecular weight excluding hydrogens is 302 g/mol. The maximum Gasteiger partial charge on any atom is 0.227 e. The Morgan fingerprint density at radius 1 is 1.12 bits per heavy atom. The number of carbonyl (C=O) groups excluding carboxylic acids is 1. The SMILES string of the molecule is O=C1C=C(c2c[nH]c3ncnc(OCc4ccccc4)c23)CCC1. The van der Waals surface area contributed by atoms with Crippen LogP contribution in [0.25, 0.3) is 16.6 Å². The molecule has 2 aromatic heterocycles. The molecule has 4 rings (SSSR count). The standard InChI is InChI=1S/C19H17N3O2/c23-15-8-4-7-14(9-15)16-10-20-18-17(16)19(22-12-21-18)24-11-13-5-2-1-3-6-13/h1-3,5-6,9-10,12H,4,7-8,11H2,(H,20,21,22). The van der Waals surface area contributed by atoms with Gasteiger partial charge >= 0.3 is 0 Å². The molecule has 0 fully saturated rings. The van der Waals surface area contributed by atoms with E-state index in [0.29, 0.717) is 18.9 Å². The quantitative estimate of drug-likeness (QED) is 0.796. The van der Waals surface area contributed by atoms with Crippen LogP contribution >= 0.6 is 0 Å². The van der Waals surface area contributed by atoms with Crippen LogP contribution in [0.1, 0.15) is 30.4 Å². The lowest BCUT2D eigenvalue weighted by Crippen LogP contribution is -2.03. The molecule has 24 heavy (non-hydrogen) atoms. The number of nitrogens with zero attached hydrogens (tertiary/aromatic N) is 2. The van der Waals surface area contributed by atoms with Crippen LogP contribution in [0.2, 0.25) is 0 Å². The van der Waals surface area contributed by atoms with Gasteiger partial charge in [-0.1, -0.05) is 30.3 Å². The second-order valence-electron chi connectivity index (χ2n) is 5.87. The summed E-state index contributed by atoms with van der Waals surface area (Å²) in [5.41, 5.74) is 3.79. The van der Waals surface area contributed by atoms with Crippen molar-refractivity contribution in [3.8, 4) is 5.88 Å². The molecule has 3 aromatic rings. The van der Waals surface area contributed by atoms with Gasteiger partial charge in [0, 0.05) is 18.2 Å². The Labute approximate surface area is 139 Å². The topological polar surface area (TPSA) is 67.9 Å². The van der Waals surface area contributed by atoms with Gasteiger partial charge in [0.25, 0.3) is 0 Å². The van der Waals surface area contributed by atoms with E-state index in [1.807, 2.05) is 36.5 Å². The maximum atomic E-state index is 11.8. The fourth-order valence-electron chi connectivity index (χ4n) is 3.03. The summed E-state index contributed by atoms with van der Waals surface area (Å²) in [7, 11) is 0. The van der Waals surface area contributed by atoms with Crippen LogP contribution < -0.4 is 4.74 Å². The van der Waals surface area contributed by atoms with Gasteiger partial charge in [0.2, 0.25) is 5.88 Å². The number of hydrogen-bond donors (Lipinski definition) is 1. The van der Waals surface area contributed by atoms with Gasteiger partial charge in [-0.05, 0) is 30.1 Å². The molecule has 0 amide bonds. The number of benzene rings is 1. The average Bonchev–Trinajstić information content (AvgIpc) is 3.05. The van der Waals surface area contributed by atoms with E-state index in [1.54, 1.807) is 6.08 Å². The van der Waals surface area contributed by atoms with E-state index in [2.05, 4.69) is 15.0 Å². The van der Waals surface area contributed by atoms with Crippen molar-refractivity contribution in [3.05, 3.63) is 60.1 Å². The van der Waals surface area contributed by atoms with Gasteiger partial charge in [0.1, 0.15) is 18.6 Å². The number of aromatic amines is 1. The minimum Gasteiger partial charge on any atom is -0.472 e. The number of carbonyl (C=O) groups is 1. The molecule has 5 nitrogen and oxygen atoms in total. The van der Waals surface area contributed by atoms with Gasteiger partial charge in [0.05, 0.1) is 5.39 Å². The molecule has 0 aliphatic heterocycles. The molecule has 1 aromatic carbocycles. The first kappa shape index (κ1) is 14.6. The molecule has 0 unspecified atom stereocenters. The first-order valence-electron chi connectivity index (χ1n) is 8.04. The van der Waals surface area contributed by atoms with E-state index < -0.39 is 0 Å². The number of aromatic nitrogens is 3. The third-order valence-corrected chi connectivity index (χ3v) is 4.20. The lowest BCUT2D eigenvalue weighted by Gasteiger charge is -2.12. The number of hydrogen-bond acceptors (Lipinski definition) is 4. The highest BCUT2D eigenvalue weighted by Gasteiger charge is 2.18. The predicted molar refractivity (Wildman–Crippen MR) is 91.5 cm³/mol. The lowest BCUT2D eigenvalue weighted by atomic mass is 9.93. The average molecular weight is 319 g/mol. The van der Waals surface area contributed by atoms with Crippen molar-refractivity contribution >= 4 is 22.4 Å². The molecule has 1 aliphatic rings. The number of allylic oxidation sites excluding steroid dienone is 2. The maximum absolute atomic E-state index is 11.8. The molecule has 0 saturated carbocycles. The first-order valence-corrected chi connectivity index (χ1v) is 8.04. The molecule has 120 valence electrons. The highest BCUT2D eigenvalue weighted by atomic mass is 16.5. The molecule has 0 bridgehead atoms. The summed E-state index contributed by atoms with van der Waals surface area (Å²) in [5, 5.41) is 0.842. The second-order valence-corrected chi connectivity index (χ2v) is 5.87. The van der Waals surface area contributed by atoms with Gasteiger partial charge in [-0.25, -0.2) is 9.97 Å². The van der Waals surface area contributed by atoms with E-state index in [0.717, 1.165) is 40.6 Å². The molecule has 1 N–H and O–H groups in total. The summed E-state index contributed by atoms with van der Waals surface area (Å²) in [6.45, 7) is 0.440. The Bertz CT molecular complexity index is 913. The van der Waals surface area contributed by atoms with Gasteiger partial charge in [0.15, 0.2) is 5.78 Å². The van der Waals surface area contributed by atoms with Crippen LogP contribution in [0.5, 0.6) is 5.88 Å². The molecule has 1 aliphatic carbocycles. The van der Waals surface area contributed by atoms with Crippen LogP contribution in [0, 0.1) is 0 Å². The van der Waals surface area contributed by atoms with Crippen molar-refractivity contribution in [1.82, 2.24) is 15.0 Å². The van der Waals surface area contributed by atoms with Gasteiger partial charge in [-0.2, -0.15) is 0 Å². The predicted octanol–water partition coefficient (Wildman–Crippen LogP) is 3.67. The number of H-pyrrole nitrogens is 1. The Morgan fingerprint density at radius 2 is 2.00 bits per heavy atom. The number of rotatable bonds is 4. The molecule has 0 saturated heterocycles. The number of ketones is 1. The van der Waals surface area contributed by atoms with E-state index in [4.69, 9.17) is 4.74 Å². The summed E-state index contributed by atoms with van der Waals surface area (Å²) in [4.78, 5) is 23.5. The second kappa shape index (κ2) is 6.28. The number of fused-ring (bicyclic) bond motifs is 1. The summed E-state index contributed by atoms with van der Waals surface area (Å²) in [6.07, 6.45) is 7.50. The fourth-order valence-corrected chi connectivity index (χ4v) is 3.03. The van der Waals surface area contributed by atoms with E-state index in [-0.39, 0.29) is 5.78 Å². The monoisotopic (exact) mass is 319 g/mol. The summed E-state index contributed by atoms with van der Waals surface area (Å²) in [5.74, 6) is 0.716. The van der Waals surface area contributed by atoms with Crippen LogP contribution in [-0.2, 0) is 11.4 Å². The third-order valence-electron chi connectivity index (χ3n) is 4.20. The van der Waals surface area contributed by atoms with Gasteiger partial charge in [-0.3, -0.25) is 4.79 Å². The minimum absolute atomic E-state index is 0.175. The molecule has 2 heterocycles. The highest BCUT2D eigenvalue weighted by Crippen LogP contribution is 2.34. The Kier molecular flexibility index (Phi) is 3.83. The zero-order valence-electron chi connectivity index (χ0n) is 13.2. The van der Waals surface area contributed by atoms with Crippen LogP contribution in [0.4, 0.5) is 0 Å². The third kappa shape index (κ3) is 2.80. The first-order chi connectivity index (χ1) is 11.8. The minimum atomic E-state index is 0.175. The van der Waals surface area contributed by atoms with Crippen molar-refractivity contribution in [1.29, 1.82) is 0 Å². The zero-order chi connectivity index (χ0) is 16.4. The van der Waals surface area contributed by atoms with Gasteiger partial charge < -0.3 is 9.72 Å². The lowest BCUT2D eigenvalue weighted by molar-refractivity contribution is -0.114. The number of nitrogens with one attached hydrogen (secondary N) is 1. The summed E-state index contributed by atoms with van der Waals surface area (Å²) >= 11 is 0. The molecule has 0 atom stereocenters. The molecule has 0 spiro atoms. The van der Waals surface area contributed by atoms with Crippen molar-refractivity contribution in [2.24, 2.45) is 0 Å². The fraction of sp³-hybridized carbons (Fsp3) is 0.211. The molecular formula is C19H17N3O2. The zero-order valence-corrected chi connectivity index (χ0v) is 13.2. The van der Waals surface area contributed by atoms with Crippen molar-refractivity contribution in [3.63, 3.8) is 0 Å². The Morgan fingerprint density at radius 3 is 2.83 bits per heavy atom.